The number of rotatable bonds is 10. The van der Waals surface area contributed by atoms with Crippen molar-refractivity contribution in [3.05, 3.63) is 113 Å². The number of sulfonamides is 1. The Kier molecular flexibility index (Phi) is 7.59. The van der Waals surface area contributed by atoms with Crippen LogP contribution in [-0.2, 0) is 29.6 Å². The van der Waals surface area contributed by atoms with Crippen LogP contribution in [0.25, 0.3) is 0 Å². The summed E-state index contributed by atoms with van der Waals surface area (Å²) in [5.74, 6) is -0.0340. The highest BCUT2D eigenvalue weighted by molar-refractivity contribution is 7.89. The fourth-order valence-electron chi connectivity index (χ4n) is 3.50. The molecule has 3 aromatic carbocycles. The minimum Gasteiger partial charge on any atom is -0.471 e. The maximum atomic E-state index is 13.0. The SMILES string of the molecule is NS(=O)(=O)c1ccc(CCNC(=O)c2cn(Cc3ccccc3)nc2OCc2ccccc2)cc1. The fraction of sp³-hybridized carbons (Fsp3) is 0.154. The lowest BCUT2D eigenvalue weighted by Gasteiger charge is -2.07. The van der Waals surface area contributed by atoms with Crippen molar-refractivity contribution in [2.45, 2.75) is 24.5 Å². The highest BCUT2D eigenvalue weighted by atomic mass is 32.2. The molecule has 0 spiro atoms. The first-order valence-corrected chi connectivity index (χ1v) is 12.6. The van der Waals surface area contributed by atoms with Gasteiger partial charge in [0, 0.05) is 12.7 Å². The second-order valence-corrected chi connectivity index (χ2v) is 9.56. The minimum absolute atomic E-state index is 0.0522. The van der Waals surface area contributed by atoms with Crippen LogP contribution in [0.2, 0.25) is 0 Å². The first kappa shape index (κ1) is 24.2. The fourth-order valence-corrected chi connectivity index (χ4v) is 4.02. The lowest BCUT2D eigenvalue weighted by Crippen LogP contribution is -2.26. The number of nitrogens with two attached hydrogens (primary N) is 1. The number of ether oxygens (including phenoxy) is 1. The first-order chi connectivity index (χ1) is 16.9. The van der Waals surface area contributed by atoms with Crippen molar-refractivity contribution >= 4 is 15.9 Å². The van der Waals surface area contributed by atoms with Gasteiger partial charge >= 0.3 is 0 Å². The summed E-state index contributed by atoms with van der Waals surface area (Å²) in [6.07, 6.45) is 2.21. The summed E-state index contributed by atoms with van der Waals surface area (Å²) >= 11 is 0. The summed E-state index contributed by atoms with van der Waals surface area (Å²) in [6.45, 7) is 1.15. The highest BCUT2D eigenvalue weighted by Crippen LogP contribution is 2.19. The van der Waals surface area contributed by atoms with E-state index in [1.54, 1.807) is 23.0 Å². The second-order valence-electron chi connectivity index (χ2n) is 8.00. The van der Waals surface area contributed by atoms with Gasteiger partial charge in [0.05, 0.1) is 11.4 Å². The van der Waals surface area contributed by atoms with Crippen molar-refractivity contribution < 1.29 is 17.9 Å². The molecule has 0 aliphatic rings. The number of aromatic nitrogens is 2. The lowest BCUT2D eigenvalue weighted by molar-refractivity contribution is 0.0949. The largest absolute Gasteiger partial charge is 0.471 e. The average molecular weight is 491 g/mol. The lowest BCUT2D eigenvalue weighted by atomic mass is 10.1. The van der Waals surface area contributed by atoms with Gasteiger partial charge in [-0.25, -0.2) is 13.6 Å². The van der Waals surface area contributed by atoms with Crippen LogP contribution in [0.15, 0.2) is 96.0 Å². The van der Waals surface area contributed by atoms with Crippen LogP contribution in [0.4, 0.5) is 0 Å². The third-order valence-corrected chi connectivity index (χ3v) is 6.26. The Morgan fingerprint density at radius 2 is 1.51 bits per heavy atom. The molecule has 8 nitrogen and oxygen atoms in total. The number of benzene rings is 3. The molecule has 0 saturated carbocycles. The summed E-state index contributed by atoms with van der Waals surface area (Å²) in [5, 5.41) is 12.5. The third-order valence-electron chi connectivity index (χ3n) is 5.33. The zero-order valence-electron chi connectivity index (χ0n) is 19.0. The van der Waals surface area contributed by atoms with E-state index < -0.39 is 10.0 Å². The zero-order chi connectivity index (χ0) is 24.7. The summed E-state index contributed by atoms with van der Waals surface area (Å²) in [5.41, 5.74) is 3.25. The van der Waals surface area contributed by atoms with Crippen molar-refractivity contribution in [3.8, 4) is 5.88 Å². The van der Waals surface area contributed by atoms with E-state index in [9.17, 15) is 13.2 Å². The summed E-state index contributed by atoms with van der Waals surface area (Å²) in [4.78, 5) is 13.0. The molecule has 1 amide bonds. The third kappa shape index (κ3) is 6.78. The average Bonchev–Trinajstić information content (AvgIpc) is 3.26. The van der Waals surface area contributed by atoms with Gasteiger partial charge in [-0.2, -0.15) is 0 Å². The topological polar surface area (TPSA) is 116 Å². The number of hydrogen-bond acceptors (Lipinski definition) is 5. The number of nitrogens with one attached hydrogen (secondary N) is 1. The van der Waals surface area contributed by atoms with Crippen LogP contribution in [0.1, 0.15) is 27.0 Å². The zero-order valence-corrected chi connectivity index (χ0v) is 19.8. The van der Waals surface area contributed by atoms with E-state index in [0.29, 0.717) is 31.7 Å². The van der Waals surface area contributed by atoms with Crippen molar-refractivity contribution in [1.82, 2.24) is 15.1 Å². The van der Waals surface area contributed by atoms with Crippen molar-refractivity contribution in [1.29, 1.82) is 0 Å². The molecule has 0 unspecified atom stereocenters. The van der Waals surface area contributed by atoms with Crippen LogP contribution < -0.4 is 15.2 Å². The Morgan fingerprint density at radius 1 is 0.886 bits per heavy atom. The van der Waals surface area contributed by atoms with Gasteiger partial charge in [0.1, 0.15) is 12.2 Å². The van der Waals surface area contributed by atoms with Crippen LogP contribution in [0, 0.1) is 0 Å². The molecular formula is C26H26N4O4S. The summed E-state index contributed by atoms with van der Waals surface area (Å²) < 4.78 is 30.4. The number of amides is 1. The smallest absolute Gasteiger partial charge is 0.258 e. The Labute approximate surface area is 204 Å². The Hall–Kier alpha value is -3.95. The molecule has 35 heavy (non-hydrogen) atoms. The molecule has 9 heteroatoms. The van der Waals surface area contributed by atoms with Crippen LogP contribution in [0.5, 0.6) is 5.88 Å². The molecule has 4 aromatic rings. The van der Waals surface area contributed by atoms with Gasteiger partial charge in [-0.1, -0.05) is 72.8 Å². The van der Waals surface area contributed by atoms with E-state index in [1.165, 1.54) is 12.1 Å². The van der Waals surface area contributed by atoms with Crippen LogP contribution in [-0.4, -0.2) is 30.7 Å². The monoisotopic (exact) mass is 490 g/mol. The van der Waals surface area contributed by atoms with E-state index in [-0.39, 0.29) is 16.7 Å². The van der Waals surface area contributed by atoms with Gasteiger partial charge < -0.3 is 10.1 Å². The van der Waals surface area contributed by atoms with Crippen molar-refractivity contribution in [3.63, 3.8) is 0 Å². The molecule has 0 atom stereocenters. The van der Waals surface area contributed by atoms with Crippen molar-refractivity contribution in [2.75, 3.05) is 6.54 Å². The first-order valence-electron chi connectivity index (χ1n) is 11.1. The minimum atomic E-state index is -3.73. The van der Waals surface area contributed by atoms with E-state index in [0.717, 1.165) is 16.7 Å². The second kappa shape index (κ2) is 11.0. The maximum absolute atomic E-state index is 13.0. The van der Waals surface area contributed by atoms with Gasteiger partial charge in [-0.15, -0.1) is 5.10 Å². The van der Waals surface area contributed by atoms with E-state index in [2.05, 4.69) is 10.4 Å². The number of hydrogen-bond donors (Lipinski definition) is 2. The molecule has 0 saturated heterocycles. The molecule has 1 heterocycles. The van der Waals surface area contributed by atoms with Gasteiger partial charge in [0.2, 0.25) is 15.9 Å². The molecule has 0 fully saturated rings. The molecule has 0 bridgehead atoms. The number of carbonyl (C=O) groups excluding carboxylic acids is 1. The van der Waals surface area contributed by atoms with E-state index >= 15 is 0 Å². The summed E-state index contributed by atoms with van der Waals surface area (Å²) in [7, 11) is -3.73. The Morgan fingerprint density at radius 3 is 2.14 bits per heavy atom. The number of carbonyl (C=O) groups is 1. The Balaban J connectivity index is 1.43. The number of nitrogens with zero attached hydrogens (tertiary/aromatic N) is 2. The van der Waals surface area contributed by atoms with Crippen LogP contribution >= 0.6 is 0 Å². The Bertz CT molecular complexity index is 1370. The van der Waals surface area contributed by atoms with Gasteiger partial charge in [-0.05, 0) is 35.2 Å². The molecule has 0 radical (unpaired) electrons. The predicted octanol–water partition coefficient (Wildman–Crippen LogP) is 3.13. The van der Waals surface area contributed by atoms with E-state index in [1.807, 2.05) is 60.7 Å². The molecule has 1 aromatic heterocycles. The molecule has 3 N–H and O–H groups in total. The standard InChI is InChI=1S/C26H26N4O4S/c27-35(32,33)23-13-11-20(12-14-23)15-16-28-25(31)24-18-30(17-21-7-3-1-4-8-21)29-26(24)34-19-22-9-5-2-6-10-22/h1-14,18H,15-17,19H2,(H,28,31)(H2,27,32,33). The number of primary sulfonamides is 1. The maximum Gasteiger partial charge on any atom is 0.258 e. The van der Waals surface area contributed by atoms with Gasteiger partial charge in [0.25, 0.3) is 5.91 Å². The van der Waals surface area contributed by atoms with Gasteiger partial charge in [0.15, 0.2) is 0 Å². The molecular weight excluding hydrogens is 464 g/mol. The summed E-state index contributed by atoms with van der Waals surface area (Å²) in [6, 6.07) is 25.8. The normalized spacial score (nSPS) is 11.2. The van der Waals surface area contributed by atoms with E-state index in [4.69, 9.17) is 9.88 Å². The highest BCUT2D eigenvalue weighted by Gasteiger charge is 2.18. The predicted molar refractivity (Wildman–Crippen MR) is 132 cm³/mol. The van der Waals surface area contributed by atoms with Crippen LogP contribution in [0.3, 0.4) is 0 Å². The molecule has 0 aliphatic carbocycles. The molecule has 0 aliphatic heterocycles. The van der Waals surface area contributed by atoms with Gasteiger partial charge in [-0.3, -0.25) is 9.48 Å². The quantitative estimate of drug-likeness (QED) is 0.354. The molecule has 180 valence electrons. The molecule has 4 rings (SSSR count). The van der Waals surface area contributed by atoms with Crippen molar-refractivity contribution in [2.24, 2.45) is 5.14 Å².